The number of hydrogen-bond acceptors (Lipinski definition) is 2. The molecule has 0 heterocycles. The van der Waals surface area contributed by atoms with Crippen LogP contribution in [-0.2, 0) is 5.75 Å². The molecule has 2 heteroatoms. The van der Waals surface area contributed by atoms with E-state index in [4.69, 9.17) is 0 Å². The third-order valence-electron chi connectivity index (χ3n) is 3.14. The van der Waals surface area contributed by atoms with Crippen molar-refractivity contribution in [2.75, 3.05) is 5.75 Å². The zero-order chi connectivity index (χ0) is 13.1. The Kier molecular flexibility index (Phi) is 8.83. The SMILES string of the molecule is CCCCCCCCCSCc1ccccc1O. The molecule has 1 aromatic rings. The Balaban J connectivity index is 1.94. The van der Waals surface area contributed by atoms with Gasteiger partial charge in [-0.15, -0.1) is 0 Å². The van der Waals surface area contributed by atoms with Crippen LogP contribution in [-0.4, -0.2) is 10.9 Å². The summed E-state index contributed by atoms with van der Waals surface area (Å²) in [6.07, 6.45) is 9.58. The average Bonchev–Trinajstić information content (AvgIpc) is 2.39. The van der Waals surface area contributed by atoms with E-state index in [1.807, 2.05) is 30.0 Å². The summed E-state index contributed by atoms with van der Waals surface area (Å²) < 4.78 is 0. The number of benzene rings is 1. The normalized spacial score (nSPS) is 10.7. The Morgan fingerprint density at radius 3 is 2.33 bits per heavy atom. The Bertz CT molecular complexity index is 312. The molecule has 0 atom stereocenters. The first-order chi connectivity index (χ1) is 8.84. The number of phenolic OH excluding ortho intramolecular Hbond substituents is 1. The lowest BCUT2D eigenvalue weighted by atomic mass is 10.1. The van der Waals surface area contributed by atoms with Gasteiger partial charge in [-0.25, -0.2) is 0 Å². The van der Waals surface area contributed by atoms with Gasteiger partial charge in [-0.3, -0.25) is 0 Å². The molecule has 0 aliphatic heterocycles. The van der Waals surface area contributed by atoms with Crippen molar-refractivity contribution in [2.45, 2.75) is 57.6 Å². The second-order valence-electron chi connectivity index (χ2n) is 4.80. The van der Waals surface area contributed by atoms with Crippen molar-refractivity contribution < 1.29 is 5.11 Å². The third-order valence-corrected chi connectivity index (χ3v) is 4.23. The molecule has 1 rings (SSSR count). The Labute approximate surface area is 116 Å². The second kappa shape index (κ2) is 10.3. The molecule has 0 unspecified atom stereocenters. The number of phenols is 1. The first kappa shape index (κ1) is 15.4. The highest BCUT2D eigenvalue weighted by Gasteiger charge is 1.99. The molecule has 0 saturated heterocycles. The van der Waals surface area contributed by atoms with Gasteiger partial charge in [-0.2, -0.15) is 11.8 Å². The van der Waals surface area contributed by atoms with E-state index >= 15 is 0 Å². The monoisotopic (exact) mass is 266 g/mol. The lowest BCUT2D eigenvalue weighted by molar-refractivity contribution is 0.470. The molecule has 0 saturated carbocycles. The van der Waals surface area contributed by atoms with Gasteiger partial charge in [0.1, 0.15) is 5.75 Å². The molecule has 0 aliphatic carbocycles. The molecule has 1 N–H and O–H groups in total. The van der Waals surface area contributed by atoms with Crippen LogP contribution in [0.25, 0.3) is 0 Å². The van der Waals surface area contributed by atoms with E-state index in [1.165, 1.54) is 50.7 Å². The summed E-state index contributed by atoms with van der Waals surface area (Å²) in [7, 11) is 0. The van der Waals surface area contributed by atoms with Crippen molar-refractivity contribution in [1.82, 2.24) is 0 Å². The largest absolute Gasteiger partial charge is 0.508 e. The number of thioether (sulfide) groups is 1. The standard InChI is InChI=1S/C16H26OS/c1-2-3-4-5-6-7-10-13-18-14-15-11-8-9-12-16(15)17/h8-9,11-12,17H,2-7,10,13-14H2,1H3. The smallest absolute Gasteiger partial charge is 0.119 e. The molecule has 0 aromatic heterocycles. The Morgan fingerprint density at radius 1 is 0.944 bits per heavy atom. The van der Waals surface area contributed by atoms with E-state index in [1.54, 1.807) is 6.07 Å². The quantitative estimate of drug-likeness (QED) is 0.574. The van der Waals surface area contributed by atoms with Crippen LogP contribution in [0.15, 0.2) is 24.3 Å². The fourth-order valence-electron chi connectivity index (χ4n) is 1.98. The van der Waals surface area contributed by atoms with Gasteiger partial charge < -0.3 is 5.11 Å². The summed E-state index contributed by atoms with van der Waals surface area (Å²) in [6, 6.07) is 7.64. The molecule has 0 bridgehead atoms. The molecule has 0 aliphatic rings. The number of para-hydroxylation sites is 1. The highest BCUT2D eigenvalue weighted by Crippen LogP contribution is 2.22. The molecule has 18 heavy (non-hydrogen) atoms. The van der Waals surface area contributed by atoms with E-state index < -0.39 is 0 Å². The van der Waals surface area contributed by atoms with Crippen LogP contribution in [0.3, 0.4) is 0 Å². The molecule has 0 fully saturated rings. The van der Waals surface area contributed by atoms with Crippen molar-refractivity contribution in [2.24, 2.45) is 0 Å². The van der Waals surface area contributed by atoms with Crippen LogP contribution in [0.1, 0.15) is 57.4 Å². The van der Waals surface area contributed by atoms with Gasteiger partial charge in [0.15, 0.2) is 0 Å². The zero-order valence-electron chi connectivity index (χ0n) is 11.5. The summed E-state index contributed by atoms with van der Waals surface area (Å²) in [6.45, 7) is 2.26. The van der Waals surface area contributed by atoms with E-state index in [2.05, 4.69) is 6.92 Å². The molecular weight excluding hydrogens is 240 g/mol. The van der Waals surface area contributed by atoms with Crippen LogP contribution >= 0.6 is 11.8 Å². The van der Waals surface area contributed by atoms with Crippen molar-refractivity contribution in [3.8, 4) is 5.75 Å². The minimum Gasteiger partial charge on any atom is -0.508 e. The maximum atomic E-state index is 9.62. The van der Waals surface area contributed by atoms with Crippen LogP contribution in [0.5, 0.6) is 5.75 Å². The molecular formula is C16H26OS. The van der Waals surface area contributed by atoms with Gasteiger partial charge in [0.25, 0.3) is 0 Å². The third kappa shape index (κ3) is 6.95. The van der Waals surface area contributed by atoms with Crippen LogP contribution in [0, 0.1) is 0 Å². The maximum absolute atomic E-state index is 9.62. The van der Waals surface area contributed by atoms with Gasteiger partial charge in [-0.1, -0.05) is 63.6 Å². The van der Waals surface area contributed by atoms with Gasteiger partial charge in [0.2, 0.25) is 0 Å². The first-order valence-electron chi connectivity index (χ1n) is 7.19. The molecule has 0 radical (unpaired) electrons. The predicted octanol–water partition coefficient (Wildman–Crippen LogP) is 5.38. The summed E-state index contributed by atoms with van der Waals surface area (Å²) in [5, 5.41) is 9.62. The summed E-state index contributed by atoms with van der Waals surface area (Å²) in [5.74, 6) is 2.58. The highest BCUT2D eigenvalue weighted by molar-refractivity contribution is 7.98. The zero-order valence-corrected chi connectivity index (χ0v) is 12.3. The fourth-order valence-corrected chi connectivity index (χ4v) is 2.99. The molecule has 0 spiro atoms. The Hall–Kier alpha value is -0.630. The topological polar surface area (TPSA) is 20.2 Å². The number of hydrogen-bond donors (Lipinski definition) is 1. The fraction of sp³-hybridized carbons (Fsp3) is 0.625. The molecule has 1 nitrogen and oxygen atoms in total. The van der Waals surface area contributed by atoms with Gasteiger partial charge in [0, 0.05) is 11.3 Å². The van der Waals surface area contributed by atoms with Gasteiger partial charge in [0.05, 0.1) is 0 Å². The van der Waals surface area contributed by atoms with Crippen molar-refractivity contribution in [3.05, 3.63) is 29.8 Å². The number of aromatic hydroxyl groups is 1. The minimum absolute atomic E-state index is 0.435. The summed E-state index contributed by atoms with van der Waals surface area (Å²) in [5.41, 5.74) is 1.06. The maximum Gasteiger partial charge on any atom is 0.119 e. The highest BCUT2D eigenvalue weighted by atomic mass is 32.2. The molecule has 0 amide bonds. The van der Waals surface area contributed by atoms with Crippen molar-refractivity contribution in [3.63, 3.8) is 0 Å². The van der Waals surface area contributed by atoms with E-state index in [-0.39, 0.29) is 0 Å². The average molecular weight is 266 g/mol. The summed E-state index contributed by atoms with van der Waals surface area (Å²) >= 11 is 1.93. The second-order valence-corrected chi connectivity index (χ2v) is 5.91. The Morgan fingerprint density at radius 2 is 1.61 bits per heavy atom. The van der Waals surface area contributed by atoms with Crippen molar-refractivity contribution >= 4 is 11.8 Å². The predicted molar refractivity (Wildman–Crippen MR) is 82.3 cm³/mol. The van der Waals surface area contributed by atoms with E-state index in [9.17, 15) is 5.11 Å². The van der Waals surface area contributed by atoms with Crippen LogP contribution < -0.4 is 0 Å². The minimum atomic E-state index is 0.435. The first-order valence-corrected chi connectivity index (χ1v) is 8.34. The molecule has 1 aromatic carbocycles. The number of rotatable bonds is 10. The van der Waals surface area contributed by atoms with Gasteiger partial charge >= 0.3 is 0 Å². The lowest BCUT2D eigenvalue weighted by Gasteiger charge is -2.04. The van der Waals surface area contributed by atoms with E-state index in [0.717, 1.165) is 11.3 Å². The van der Waals surface area contributed by atoms with Crippen LogP contribution in [0.2, 0.25) is 0 Å². The van der Waals surface area contributed by atoms with Crippen LogP contribution in [0.4, 0.5) is 0 Å². The van der Waals surface area contributed by atoms with Crippen molar-refractivity contribution in [1.29, 1.82) is 0 Å². The van der Waals surface area contributed by atoms with Gasteiger partial charge in [-0.05, 0) is 18.2 Å². The lowest BCUT2D eigenvalue weighted by Crippen LogP contribution is -1.86. The summed E-state index contributed by atoms with van der Waals surface area (Å²) in [4.78, 5) is 0. The molecule has 102 valence electrons. The number of unbranched alkanes of at least 4 members (excludes halogenated alkanes) is 6. The van der Waals surface area contributed by atoms with E-state index in [0.29, 0.717) is 5.75 Å².